The maximum atomic E-state index is 13.7. The molecule has 40 heavy (non-hydrogen) atoms. The molecule has 1 saturated heterocycles. The highest BCUT2D eigenvalue weighted by atomic mass is 32.1. The fourth-order valence-corrected chi connectivity index (χ4v) is 5.87. The Hall–Kier alpha value is -4.57. The highest BCUT2D eigenvalue weighted by molar-refractivity contribution is 7.22. The Morgan fingerprint density at radius 1 is 1.00 bits per heavy atom. The van der Waals surface area contributed by atoms with Crippen molar-refractivity contribution < 1.29 is 33.6 Å². The lowest BCUT2D eigenvalue weighted by Gasteiger charge is -2.24. The Bertz CT molecular complexity index is 1630. The van der Waals surface area contributed by atoms with Crippen LogP contribution in [0.15, 0.2) is 60.2 Å². The Balaban J connectivity index is 1.77. The number of nitrogens with zero attached hydrogens (tertiary/aromatic N) is 2. The van der Waals surface area contributed by atoms with E-state index in [0.29, 0.717) is 51.4 Å². The topological polar surface area (TPSA) is 107 Å². The summed E-state index contributed by atoms with van der Waals surface area (Å²) in [7, 11) is 4.45. The summed E-state index contributed by atoms with van der Waals surface area (Å²) in [6.07, 6.45) is 0. The second kappa shape index (κ2) is 10.9. The zero-order valence-corrected chi connectivity index (χ0v) is 23.5. The van der Waals surface area contributed by atoms with Gasteiger partial charge in [-0.15, -0.1) is 0 Å². The van der Waals surface area contributed by atoms with Gasteiger partial charge in [-0.1, -0.05) is 29.5 Å². The van der Waals surface area contributed by atoms with E-state index in [-0.39, 0.29) is 11.3 Å². The van der Waals surface area contributed by atoms with Gasteiger partial charge in [-0.25, -0.2) is 4.98 Å². The van der Waals surface area contributed by atoms with Gasteiger partial charge in [0.1, 0.15) is 11.5 Å². The number of fused-ring (bicyclic) bond motifs is 1. The summed E-state index contributed by atoms with van der Waals surface area (Å²) in [6, 6.07) is 14.8. The third-order valence-electron chi connectivity index (χ3n) is 6.60. The van der Waals surface area contributed by atoms with Gasteiger partial charge in [0.2, 0.25) is 5.75 Å². The number of thiazole rings is 1. The van der Waals surface area contributed by atoms with Crippen LogP contribution in [0.1, 0.15) is 29.7 Å². The van der Waals surface area contributed by atoms with Crippen LogP contribution in [0.3, 0.4) is 0 Å². The molecule has 1 aromatic heterocycles. The number of aliphatic hydroxyl groups excluding tert-OH is 1. The number of aromatic nitrogens is 1. The lowest BCUT2D eigenvalue weighted by atomic mass is 9.94. The first-order chi connectivity index (χ1) is 19.3. The Morgan fingerprint density at radius 2 is 1.73 bits per heavy atom. The molecular formula is C30H28N2O7S. The molecule has 10 heteroatoms. The number of methoxy groups -OCH3 is 3. The van der Waals surface area contributed by atoms with E-state index in [9.17, 15) is 14.7 Å². The molecule has 0 aliphatic carbocycles. The number of hydrogen-bond donors (Lipinski definition) is 1. The molecule has 0 bridgehead atoms. The standard InChI is InChI=1S/C30H28N2O7S/c1-6-39-19-9-7-8-17(13-19)26(33)24-25(18-14-21(36-3)28(38-5)22(15-18)37-4)32(29(35)27(24)34)30-31-20-11-10-16(2)12-23(20)40-30/h7-15,25,33H,6H2,1-5H3/b26-24+. The van der Waals surface area contributed by atoms with Crippen molar-refractivity contribution in [2.24, 2.45) is 0 Å². The van der Waals surface area contributed by atoms with Crippen molar-refractivity contribution in [1.29, 1.82) is 0 Å². The van der Waals surface area contributed by atoms with Gasteiger partial charge >= 0.3 is 5.91 Å². The Morgan fingerprint density at radius 3 is 2.38 bits per heavy atom. The van der Waals surface area contributed by atoms with Crippen LogP contribution in [0.25, 0.3) is 16.0 Å². The summed E-state index contributed by atoms with van der Waals surface area (Å²) in [4.78, 5) is 33.3. The second-order valence-electron chi connectivity index (χ2n) is 9.06. The van der Waals surface area contributed by atoms with E-state index in [1.54, 1.807) is 36.4 Å². The van der Waals surface area contributed by atoms with Crippen LogP contribution in [0.4, 0.5) is 5.13 Å². The monoisotopic (exact) mass is 560 g/mol. The van der Waals surface area contributed by atoms with E-state index >= 15 is 0 Å². The van der Waals surface area contributed by atoms with Crippen LogP contribution in [-0.2, 0) is 9.59 Å². The zero-order valence-electron chi connectivity index (χ0n) is 22.7. The summed E-state index contributed by atoms with van der Waals surface area (Å²) in [5.41, 5.74) is 2.44. The number of carbonyl (C=O) groups excluding carboxylic acids is 2. The fourth-order valence-electron chi connectivity index (χ4n) is 4.78. The van der Waals surface area contributed by atoms with Crippen LogP contribution in [0.5, 0.6) is 23.0 Å². The van der Waals surface area contributed by atoms with Gasteiger partial charge in [0, 0.05) is 5.56 Å². The number of Topliss-reactive ketones (excluding diaryl/α,β-unsaturated/α-hetero) is 1. The maximum absolute atomic E-state index is 13.7. The van der Waals surface area contributed by atoms with E-state index in [1.165, 1.54) is 37.6 Å². The molecule has 1 amide bonds. The number of benzene rings is 3. The highest BCUT2D eigenvalue weighted by Crippen LogP contribution is 2.48. The third-order valence-corrected chi connectivity index (χ3v) is 7.62. The fraction of sp³-hybridized carbons (Fsp3) is 0.233. The largest absolute Gasteiger partial charge is 0.507 e. The van der Waals surface area contributed by atoms with Crippen LogP contribution < -0.4 is 23.8 Å². The number of rotatable bonds is 8. The molecule has 3 aromatic carbocycles. The predicted octanol–water partition coefficient (Wildman–Crippen LogP) is 5.66. The number of hydrogen-bond acceptors (Lipinski definition) is 9. The lowest BCUT2D eigenvalue weighted by Crippen LogP contribution is -2.29. The van der Waals surface area contributed by atoms with E-state index in [4.69, 9.17) is 18.9 Å². The molecule has 1 unspecified atom stereocenters. The van der Waals surface area contributed by atoms with E-state index in [2.05, 4.69) is 4.98 Å². The summed E-state index contributed by atoms with van der Waals surface area (Å²) in [5.74, 6) is -0.442. The molecule has 0 radical (unpaired) electrons. The lowest BCUT2D eigenvalue weighted by molar-refractivity contribution is -0.132. The highest BCUT2D eigenvalue weighted by Gasteiger charge is 2.48. The van der Waals surface area contributed by atoms with E-state index in [0.717, 1.165) is 10.3 Å². The van der Waals surface area contributed by atoms with Crippen LogP contribution in [0, 0.1) is 6.92 Å². The number of aliphatic hydroxyl groups is 1. The maximum Gasteiger partial charge on any atom is 0.301 e. The van der Waals surface area contributed by atoms with Crippen molar-refractivity contribution in [3.05, 3.63) is 76.9 Å². The van der Waals surface area contributed by atoms with Crippen molar-refractivity contribution >= 4 is 44.1 Å². The summed E-state index contributed by atoms with van der Waals surface area (Å²) < 4.78 is 23.0. The molecule has 5 rings (SSSR count). The van der Waals surface area contributed by atoms with Gasteiger partial charge in [-0.3, -0.25) is 14.5 Å². The van der Waals surface area contributed by atoms with E-state index < -0.39 is 17.7 Å². The minimum Gasteiger partial charge on any atom is -0.507 e. The average Bonchev–Trinajstić information content (AvgIpc) is 3.49. The number of ether oxygens (including phenoxy) is 4. The number of amides is 1. The Kier molecular flexibility index (Phi) is 7.36. The number of ketones is 1. The molecular weight excluding hydrogens is 532 g/mol. The van der Waals surface area contributed by atoms with Gasteiger partial charge in [0.05, 0.1) is 49.8 Å². The number of carbonyl (C=O) groups is 2. The molecule has 2 heterocycles. The molecule has 0 spiro atoms. The van der Waals surface area contributed by atoms with E-state index in [1.807, 2.05) is 32.0 Å². The van der Waals surface area contributed by atoms with Crippen molar-refractivity contribution in [2.75, 3.05) is 32.8 Å². The first kappa shape index (κ1) is 27.0. The number of anilines is 1. The Labute approximate surface area is 235 Å². The normalized spacial score (nSPS) is 16.4. The summed E-state index contributed by atoms with van der Waals surface area (Å²) in [5, 5.41) is 11.9. The van der Waals surface area contributed by atoms with Crippen molar-refractivity contribution in [1.82, 2.24) is 4.98 Å². The first-order valence-electron chi connectivity index (χ1n) is 12.5. The molecule has 1 N–H and O–H groups in total. The minimum absolute atomic E-state index is 0.0941. The van der Waals surface area contributed by atoms with Crippen LogP contribution >= 0.6 is 11.3 Å². The molecule has 0 saturated carbocycles. The predicted molar refractivity (Wildman–Crippen MR) is 153 cm³/mol. The number of aryl methyl sites for hydroxylation is 1. The van der Waals surface area contributed by atoms with Gasteiger partial charge < -0.3 is 24.1 Å². The van der Waals surface area contributed by atoms with Crippen molar-refractivity contribution in [3.8, 4) is 23.0 Å². The van der Waals surface area contributed by atoms with Gasteiger partial charge in [-0.2, -0.15) is 0 Å². The molecule has 9 nitrogen and oxygen atoms in total. The molecule has 1 aliphatic heterocycles. The zero-order chi connectivity index (χ0) is 28.6. The SMILES string of the molecule is CCOc1cccc(/C(O)=C2\C(=O)C(=O)N(c3nc4ccc(C)cc4s3)C2c2cc(OC)c(OC)c(OC)c2)c1. The van der Waals surface area contributed by atoms with Crippen LogP contribution in [0.2, 0.25) is 0 Å². The van der Waals surface area contributed by atoms with Gasteiger partial charge in [0.15, 0.2) is 16.6 Å². The summed E-state index contributed by atoms with van der Waals surface area (Å²) in [6.45, 7) is 4.25. The van der Waals surface area contributed by atoms with Crippen molar-refractivity contribution in [3.63, 3.8) is 0 Å². The first-order valence-corrected chi connectivity index (χ1v) is 13.3. The van der Waals surface area contributed by atoms with Crippen molar-refractivity contribution in [2.45, 2.75) is 19.9 Å². The van der Waals surface area contributed by atoms with Gasteiger partial charge in [-0.05, 0) is 61.4 Å². The third kappa shape index (κ3) is 4.60. The molecule has 1 aliphatic rings. The molecule has 1 atom stereocenters. The second-order valence-corrected chi connectivity index (χ2v) is 10.1. The minimum atomic E-state index is -1.04. The smallest absolute Gasteiger partial charge is 0.301 e. The van der Waals surface area contributed by atoms with Gasteiger partial charge in [0.25, 0.3) is 5.78 Å². The summed E-state index contributed by atoms with van der Waals surface area (Å²) >= 11 is 1.29. The molecule has 4 aromatic rings. The average molecular weight is 561 g/mol. The molecule has 206 valence electrons. The molecule has 1 fully saturated rings. The quantitative estimate of drug-likeness (QED) is 0.167. The van der Waals surface area contributed by atoms with Crippen LogP contribution in [-0.4, -0.2) is 49.7 Å².